The lowest BCUT2D eigenvalue weighted by Crippen LogP contribution is -2.47. The molecule has 0 radical (unpaired) electrons. The predicted octanol–water partition coefficient (Wildman–Crippen LogP) is 3.65. The van der Waals surface area contributed by atoms with Crippen molar-refractivity contribution >= 4 is 40.6 Å². The fourth-order valence-corrected chi connectivity index (χ4v) is 5.39. The van der Waals surface area contributed by atoms with Gasteiger partial charge < -0.3 is 30.1 Å². The first kappa shape index (κ1) is 24.1. The normalized spacial score (nSPS) is 22.8. The molecule has 0 spiro atoms. The second-order valence-electron chi connectivity index (χ2n) is 9.73. The fourth-order valence-electron chi connectivity index (χ4n) is 5.22. The van der Waals surface area contributed by atoms with E-state index in [4.69, 9.17) is 26.9 Å². The quantitative estimate of drug-likeness (QED) is 0.585. The van der Waals surface area contributed by atoms with Gasteiger partial charge in [0.05, 0.1) is 6.10 Å². The first-order chi connectivity index (χ1) is 17.2. The van der Waals surface area contributed by atoms with Crippen molar-refractivity contribution in [3.63, 3.8) is 0 Å². The van der Waals surface area contributed by atoms with E-state index in [0.717, 1.165) is 63.8 Å². The van der Waals surface area contributed by atoms with Crippen molar-refractivity contribution in [1.29, 1.82) is 0 Å². The summed E-state index contributed by atoms with van der Waals surface area (Å²) in [5.41, 5.74) is 1.28. The Bertz CT molecular complexity index is 977. The maximum Gasteiger partial charge on any atom is 0.232 e. The van der Waals surface area contributed by atoms with Crippen LogP contribution in [0.3, 0.4) is 0 Å². The lowest BCUT2D eigenvalue weighted by atomic mass is 10.0. The standard InChI is InChI=1S/C26H37N7OS/c1-20-8-5-6-12-33(20)24-18-23(32-15-13-31(14-16-32)21-9-3-2-4-10-21)28-25(29-24)30-26(35)27-19-22-11-7-17-34-22/h2-4,9-10,18,20,22H,5-8,11-17,19H2,1H3,(H2,27,28,29,30,35)/t20-,22-/m0/s1. The third-order valence-electron chi connectivity index (χ3n) is 7.26. The minimum atomic E-state index is 0.229. The summed E-state index contributed by atoms with van der Waals surface area (Å²) in [6.07, 6.45) is 6.09. The zero-order valence-electron chi connectivity index (χ0n) is 20.7. The Morgan fingerprint density at radius 1 is 0.971 bits per heavy atom. The van der Waals surface area contributed by atoms with Crippen molar-refractivity contribution in [2.24, 2.45) is 0 Å². The molecular weight excluding hydrogens is 458 g/mol. The van der Waals surface area contributed by atoms with Gasteiger partial charge >= 0.3 is 0 Å². The summed E-state index contributed by atoms with van der Waals surface area (Å²) >= 11 is 5.57. The van der Waals surface area contributed by atoms with Crippen molar-refractivity contribution in [2.45, 2.75) is 51.2 Å². The van der Waals surface area contributed by atoms with Gasteiger partial charge in [0.2, 0.25) is 5.95 Å². The Hall–Kier alpha value is -2.65. The molecule has 3 aliphatic rings. The smallest absolute Gasteiger partial charge is 0.232 e. The number of piperazine rings is 1. The molecule has 2 atom stereocenters. The molecule has 3 saturated heterocycles. The number of ether oxygens (including phenoxy) is 1. The SMILES string of the molecule is C[C@H]1CCCCN1c1cc(N2CCN(c3ccccc3)CC2)nc(NC(=S)NC[C@@H]2CCCO2)n1. The summed E-state index contributed by atoms with van der Waals surface area (Å²) in [6, 6.07) is 13.3. The minimum absolute atomic E-state index is 0.229. The monoisotopic (exact) mass is 495 g/mol. The molecule has 4 heterocycles. The van der Waals surface area contributed by atoms with E-state index in [1.807, 2.05) is 0 Å². The van der Waals surface area contributed by atoms with Crippen LogP contribution in [0.2, 0.25) is 0 Å². The van der Waals surface area contributed by atoms with Crippen molar-refractivity contribution in [2.75, 3.05) is 65.9 Å². The molecule has 3 aliphatic heterocycles. The Balaban J connectivity index is 1.30. The molecule has 0 amide bonds. The van der Waals surface area contributed by atoms with E-state index in [9.17, 15) is 0 Å². The Morgan fingerprint density at radius 3 is 2.49 bits per heavy atom. The van der Waals surface area contributed by atoms with Gasteiger partial charge in [-0.15, -0.1) is 0 Å². The maximum atomic E-state index is 5.70. The van der Waals surface area contributed by atoms with Gasteiger partial charge in [-0.25, -0.2) is 0 Å². The number of para-hydroxylation sites is 1. The van der Waals surface area contributed by atoms with Crippen LogP contribution in [-0.4, -0.2) is 73.1 Å². The van der Waals surface area contributed by atoms with Gasteiger partial charge in [-0.3, -0.25) is 0 Å². The summed E-state index contributed by atoms with van der Waals surface area (Å²) in [6.45, 7) is 8.64. The van der Waals surface area contributed by atoms with E-state index < -0.39 is 0 Å². The molecule has 0 unspecified atom stereocenters. The van der Waals surface area contributed by atoms with Gasteiger partial charge in [0.15, 0.2) is 5.11 Å². The topological polar surface area (TPSA) is 68.8 Å². The van der Waals surface area contributed by atoms with Gasteiger partial charge in [0.1, 0.15) is 11.6 Å². The fraction of sp³-hybridized carbons (Fsp3) is 0.577. The van der Waals surface area contributed by atoms with Crippen LogP contribution in [0.25, 0.3) is 0 Å². The van der Waals surface area contributed by atoms with Crippen LogP contribution in [0.15, 0.2) is 36.4 Å². The van der Waals surface area contributed by atoms with Gasteiger partial charge in [-0.05, 0) is 63.4 Å². The number of thiocarbonyl (C=S) groups is 1. The molecule has 1 aromatic heterocycles. The summed E-state index contributed by atoms with van der Waals surface area (Å²) in [5, 5.41) is 7.08. The molecule has 0 aliphatic carbocycles. The molecule has 9 heteroatoms. The molecule has 0 saturated carbocycles. The van der Waals surface area contributed by atoms with Crippen molar-refractivity contribution < 1.29 is 4.74 Å². The largest absolute Gasteiger partial charge is 0.376 e. The molecular formula is C26H37N7OS. The number of hydrogen-bond acceptors (Lipinski definition) is 7. The first-order valence-corrected chi connectivity index (χ1v) is 13.4. The van der Waals surface area contributed by atoms with Crippen LogP contribution in [-0.2, 0) is 4.74 Å². The Kier molecular flexibility index (Phi) is 7.83. The molecule has 0 bridgehead atoms. The number of benzene rings is 1. The third kappa shape index (κ3) is 6.13. The average molecular weight is 496 g/mol. The van der Waals surface area contributed by atoms with E-state index in [1.54, 1.807) is 0 Å². The molecule has 2 N–H and O–H groups in total. The highest BCUT2D eigenvalue weighted by Crippen LogP contribution is 2.28. The van der Waals surface area contributed by atoms with E-state index >= 15 is 0 Å². The summed E-state index contributed by atoms with van der Waals surface area (Å²) in [7, 11) is 0. The second kappa shape index (κ2) is 11.4. The van der Waals surface area contributed by atoms with Gasteiger partial charge in [0, 0.05) is 63.7 Å². The molecule has 35 heavy (non-hydrogen) atoms. The van der Waals surface area contributed by atoms with E-state index in [-0.39, 0.29) is 6.10 Å². The molecule has 3 fully saturated rings. The Morgan fingerprint density at radius 2 is 1.74 bits per heavy atom. The van der Waals surface area contributed by atoms with Crippen molar-refractivity contribution in [3.05, 3.63) is 36.4 Å². The second-order valence-corrected chi connectivity index (χ2v) is 10.1. The molecule has 8 nitrogen and oxygen atoms in total. The predicted molar refractivity (Wildman–Crippen MR) is 147 cm³/mol. The van der Waals surface area contributed by atoms with Gasteiger partial charge in [0.25, 0.3) is 0 Å². The van der Waals surface area contributed by atoms with E-state index in [2.05, 4.69) is 68.7 Å². The maximum absolute atomic E-state index is 5.70. The zero-order chi connectivity index (χ0) is 24.0. The van der Waals surface area contributed by atoms with Crippen LogP contribution in [0, 0.1) is 0 Å². The summed E-state index contributed by atoms with van der Waals surface area (Å²) < 4.78 is 5.70. The molecule has 5 rings (SSSR count). The van der Waals surface area contributed by atoms with Crippen LogP contribution in [0.5, 0.6) is 0 Å². The number of piperidine rings is 1. The van der Waals surface area contributed by atoms with Gasteiger partial charge in [-0.2, -0.15) is 9.97 Å². The van der Waals surface area contributed by atoms with E-state index in [0.29, 0.717) is 23.6 Å². The highest BCUT2D eigenvalue weighted by atomic mass is 32.1. The molecule has 2 aromatic rings. The van der Waals surface area contributed by atoms with Crippen molar-refractivity contribution in [1.82, 2.24) is 15.3 Å². The molecule has 1 aromatic carbocycles. The van der Waals surface area contributed by atoms with Gasteiger partial charge in [-0.1, -0.05) is 18.2 Å². The van der Waals surface area contributed by atoms with E-state index in [1.165, 1.54) is 24.9 Å². The number of nitrogens with one attached hydrogen (secondary N) is 2. The number of anilines is 4. The highest BCUT2D eigenvalue weighted by molar-refractivity contribution is 7.80. The highest BCUT2D eigenvalue weighted by Gasteiger charge is 2.24. The minimum Gasteiger partial charge on any atom is -0.376 e. The lowest BCUT2D eigenvalue weighted by molar-refractivity contribution is 0.114. The third-order valence-corrected chi connectivity index (χ3v) is 7.51. The number of hydrogen-bond donors (Lipinski definition) is 2. The number of nitrogens with zero attached hydrogens (tertiary/aromatic N) is 5. The number of rotatable bonds is 6. The summed E-state index contributed by atoms with van der Waals surface area (Å²) in [4.78, 5) is 17.0. The zero-order valence-corrected chi connectivity index (χ0v) is 21.5. The lowest BCUT2D eigenvalue weighted by Gasteiger charge is -2.38. The van der Waals surface area contributed by atoms with Crippen LogP contribution < -0.4 is 25.3 Å². The summed E-state index contributed by atoms with van der Waals surface area (Å²) in [5.74, 6) is 2.51. The van der Waals surface area contributed by atoms with Crippen molar-refractivity contribution in [3.8, 4) is 0 Å². The van der Waals surface area contributed by atoms with Crippen LogP contribution in [0.1, 0.15) is 39.0 Å². The number of aromatic nitrogens is 2. The Labute approximate surface area is 214 Å². The van der Waals surface area contributed by atoms with Crippen LogP contribution >= 0.6 is 12.2 Å². The first-order valence-electron chi connectivity index (χ1n) is 13.0. The van der Waals surface area contributed by atoms with Crippen LogP contribution in [0.4, 0.5) is 23.3 Å². The molecule has 188 valence electrons. The average Bonchev–Trinajstić information content (AvgIpc) is 3.42.